The van der Waals surface area contributed by atoms with Crippen LogP contribution in [0.2, 0.25) is 0 Å². The third kappa shape index (κ3) is 3.82. The molecular weight excluding hydrogens is 212 g/mol. The average molecular weight is 240 g/mol. The van der Waals surface area contributed by atoms with E-state index in [0.717, 1.165) is 24.7 Å². The zero-order valence-electron chi connectivity index (χ0n) is 11.1. The molecule has 0 spiro atoms. The summed E-state index contributed by atoms with van der Waals surface area (Å²) < 4.78 is 0. The van der Waals surface area contributed by atoms with Crippen molar-refractivity contribution in [1.29, 1.82) is 0 Å². The van der Waals surface area contributed by atoms with Crippen LogP contribution < -0.4 is 0 Å². The molecule has 2 saturated carbocycles. The van der Waals surface area contributed by atoms with E-state index in [2.05, 4.69) is 13.5 Å². The van der Waals surface area contributed by atoms with E-state index in [9.17, 15) is 5.11 Å². The van der Waals surface area contributed by atoms with Crippen molar-refractivity contribution < 1.29 is 10.6 Å². The summed E-state index contributed by atoms with van der Waals surface area (Å²) in [5.74, 6) is 2.38. The minimum Gasteiger partial charge on any atom is -0.412 e. The van der Waals surface area contributed by atoms with Gasteiger partial charge in [-0.15, -0.1) is 0 Å². The van der Waals surface area contributed by atoms with Crippen LogP contribution in [-0.4, -0.2) is 16.7 Å². The van der Waals surface area contributed by atoms with Crippen LogP contribution in [0.15, 0.2) is 12.2 Å². The zero-order chi connectivity index (χ0) is 11.5. The van der Waals surface area contributed by atoms with E-state index in [-0.39, 0.29) is 11.6 Å². The monoisotopic (exact) mass is 240 g/mol. The lowest BCUT2D eigenvalue weighted by molar-refractivity contribution is 0.112. The Labute approximate surface area is 105 Å². The number of hydrogen-bond acceptors (Lipinski definition) is 1. The number of rotatable bonds is 2. The fraction of sp³-hybridized carbons (Fsp3) is 0.867. The summed E-state index contributed by atoms with van der Waals surface area (Å²) in [6.07, 6.45) is 9.82. The summed E-state index contributed by atoms with van der Waals surface area (Å²) in [6, 6.07) is 0. The van der Waals surface area contributed by atoms with Crippen molar-refractivity contribution >= 4 is 0 Å². The Morgan fingerprint density at radius 3 is 2.24 bits per heavy atom. The highest BCUT2D eigenvalue weighted by Gasteiger charge is 2.28. The van der Waals surface area contributed by atoms with E-state index in [1.807, 2.05) is 0 Å². The van der Waals surface area contributed by atoms with E-state index >= 15 is 0 Å². The molecule has 0 heterocycles. The molecule has 17 heavy (non-hydrogen) atoms. The van der Waals surface area contributed by atoms with E-state index in [4.69, 9.17) is 0 Å². The second-order valence-corrected chi connectivity index (χ2v) is 6.05. The van der Waals surface area contributed by atoms with Gasteiger partial charge in [0, 0.05) is 0 Å². The van der Waals surface area contributed by atoms with Crippen LogP contribution in [0.4, 0.5) is 0 Å². The third-order valence-electron chi connectivity index (χ3n) is 4.68. The molecule has 0 aromatic rings. The summed E-state index contributed by atoms with van der Waals surface area (Å²) in [5, 5.41) is 9.53. The van der Waals surface area contributed by atoms with Gasteiger partial charge in [0.05, 0.1) is 6.10 Å². The van der Waals surface area contributed by atoms with Crippen LogP contribution in [0.1, 0.15) is 58.3 Å². The molecule has 0 amide bonds. The molecule has 0 aromatic heterocycles. The number of hydrogen-bond donors (Lipinski definition) is 1. The van der Waals surface area contributed by atoms with Gasteiger partial charge in [0.1, 0.15) is 0 Å². The van der Waals surface area contributed by atoms with Crippen LogP contribution in [-0.2, 0) is 0 Å². The van der Waals surface area contributed by atoms with Gasteiger partial charge in [-0.25, -0.2) is 0 Å². The van der Waals surface area contributed by atoms with Gasteiger partial charge in [0.2, 0.25) is 0 Å². The highest BCUT2D eigenvalue weighted by Crippen LogP contribution is 2.40. The normalized spacial score (nSPS) is 38.2. The molecule has 0 bridgehead atoms. The van der Waals surface area contributed by atoms with E-state index in [1.165, 1.54) is 44.1 Å². The predicted octanol–water partition coefficient (Wildman–Crippen LogP) is 3.10. The molecule has 2 fully saturated rings. The lowest BCUT2D eigenvalue weighted by Crippen LogP contribution is -2.24. The van der Waals surface area contributed by atoms with Crippen LogP contribution in [0.5, 0.6) is 0 Å². The second kappa shape index (κ2) is 6.55. The smallest absolute Gasteiger partial charge is 0.0540 e. The molecule has 0 radical (unpaired) electrons. The molecule has 0 saturated heterocycles. The first kappa shape index (κ1) is 14.7. The molecular formula is C15H28O2. The van der Waals surface area contributed by atoms with Gasteiger partial charge in [-0.2, -0.15) is 0 Å². The maximum Gasteiger partial charge on any atom is 0.0540 e. The van der Waals surface area contributed by atoms with Gasteiger partial charge in [0.15, 0.2) is 0 Å². The maximum atomic E-state index is 9.53. The Morgan fingerprint density at radius 1 is 1.00 bits per heavy atom. The van der Waals surface area contributed by atoms with Gasteiger partial charge < -0.3 is 10.6 Å². The molecule has 2 aliphatic rings. The maximum absolute atomic E-state index is 9.53. The second-order valence-electron chi connectivity index (χ2n) is 6.05. The van der Waals surface area contributed by atoms with Crippen LogP contribution in [0.3, 0.4) is 0 Å². The summed E-state index contributed by atoms with van der Waals surface area (Å²) in [5.41, 5.74) is 1.51. The van der Waals surface area contributed by atoms with Crippen molar-refractivity contribution in [3.63, 3.8) is 0 Å². The minimum atomic E-state index is -0.0330. The quantitative estimate of drug-likeness (QED) is 0.741. The van der Waals surface area contributed by atoms with Crippen molar-refractivity contribution in [3.05, 3.63) is 12.2 Å². The first-order chi connectivity index (χ1) is 7.66. The molecule has 2 unspecified atom stereocenters. The van der Waals surface area contributed by atoms with Crippen molar-refractivity contribution in [2.75, 3.05) is 0 Å². The minimum absolute atomic E-state index is 0. The molecule has 3 N–H and O–H groups in total. The molecule has 100 valence electrons. The van der Waals surface area contributed by atoms with Crippen molar-refractivity contribution in [2.24, 2.45) is 17.8 Å². The molecule has 2 atom stereocenters. The standard InChI is InChI=1S/C15H26O.H2O/c1-11-4-3-5-14(10-11)12(2)13-6-8-15(16)9-7-13;/h11,13-16H,2-10H2,1H3;1H2. The van der Waals surface area contributed by atoms with Crippen LogP contribution >= 0.6 is 0 Å². The molecule has 0 aromatic carbocycles. The van der Waals surface area contributed by atoms with Crippen molar-refractivity contribution in [3.8, 4) is 0 Å². The summed E-state index contributed by atoms with van der Waals surface area (Å²) >= 11 is 0. The number of aliphatic hydroxyl groups is 1. The highest BCUT2D eigenvalue weighted by atomic mass is 16.3. The third-order valence-corrected chi connectivity index (χ3v) is 4.68. The number of aliphatic hydroxyl groups excluding tert-OH is 1. The van der Waals surface area contributed by atoms with Gasteiger partial charge in [-0.3, -0.25) is 0 Å². The van der Waals surface area contributed by atoms with Gasteiger partial charge >= 0.3 is 0 Å². The lowest BCUT2D eigenvalue weighted by Gasteiger charge is -2.34. The Morgan fingerprint density at radius 2 is 1.65 bits per heavy atom. The molecule has 2 aliphatic carbocycles. The fourth-order valence-electron chi connectivity index (χ4n) is 3.55. The topological polar surface area (TPSA) is 51.7 Å². The average Bonchev–Trinajstić information content (AvgIpc) is 2.29. The Bertz CT molecular complexity index is 241. The first-order valence-corrected chi connectivity index (χ1v) is 7.03. The Kier molecular flexibility index (Phi) is 5.68. The van der Waals surface area contributed by atoms with Gasteiger partial charge in [-0.1, -0.05) is 31.9 Å². The zero-order valence-corrected chi connectivity index (χ0v) is 11.1. The van der Waals surface area contributed by atoms with E-state index in [1.54, 1.807) is 0 Å². The van der Waals surface area contributed by atoms with E-state index in [0.29, 0.717) is 5.92 Å². The lowest BCUT2D eigenvalue weighted by atomic mass is 9.72. The molecule has 0 aliphatic heterocycles. The molecule has 2 heteroatoms. The van der Waals surface area contributed by atoms with Crippen molar-refractivity contribution in [2.45, 2.75) is 64.4 Å². The summed E-state index contributed by atoms with van der Waals surface area (Å²) in [4.78, 5) is 0. The SMILES string of the molecule is C=C(C1CCC(O)CC1)C1CCCC(C)C1.O. The Hall–Kier alpha value is -0.340. The van der Waals surface area contributed by atoms with Crippen LogP contribution in [0.25, 0.3) is 0 Å². The predicted molar refractivity (Wildman–Crippen MR) is 71.8 cm³/mol. The number of allylic oxidation sites excluding steroid dienone is 1. The molecule has 2 rings (SSSR count). The first-order valence-electron chi connectivity index (χ1n) is 7.03. The fourth-order valence-corrected chi connectivity index (χ4v) is 3.55. The van der Waals surface area contributed by atoms with Gasteiger partial charge in [0.25, 0.3) is 0 Å². The van der Waals surface area contributed by atoms with Crippen molar-refractivity contribution in [1.82, 2.24) is 0 Å². The highest BCUT2D eigenvalue weighted by molar-refractivity contribution is 5.08. The van der Waals surface area contributed by atoms with E-state index < -0.39 is 0 Å². The van der Waals surface area contributed by atoms with Crippen LogP contribution in [0, 0.1) is 17.8 Å². The molecule has 2 nitrogen and oxygen atoms in total. The Balaban J connectivity index is 0.00000144. The summed E-state index contributed by atoms with van der Waals surface area (Å²) in [7, 11) is 0. The summed E-state index contributed by atoms with van der Waals surface area (Å²) in [6.45, 7) is 6.76. The largest absolute Gasteiger partial charge is 0.412 e. The van der Waals surface area contributed by atoms with Gasteiger partial charge in [-0.05, 0) is 56.3 Å².